The quantitative estimate of drug-likeness (QED) is 0.427. The minimum Gasteiger partial charge on any atom is -0.493 e. The van der Waals surface area contributed by atoms with Gasteiger partial charge < -0.3 is 15.8 Å². The Morgan fingerprint density at radius 3 is 2.75 bits per heavy atom. The number of aliphatic imine (C=N–C) groups is 1. The first-order valence-electron chi connectivity index (χ1n) is 6.54. The zero-order valence-corrected chi connectivity index (χ0v) is 15.2. The Labute approximate surface area is 143 Å². The summed E-state index contributed by atoms with van der Waals surface area (Å²) in [5, 5.41) is 3.78. The molecule has 4 nitrogen and oxygen atoms in total. The largest absolute Gasteiger partial charge is 0.493 e. The van der Waals surface area contributed by atoms with Crippen molar-refractivity contribution in [3.63, 3.8) is 0 Å². The SMILES string of the molecule is CCOc1cc(Cl)ccc1CN=C(N)NC(C)CC.I. The summed E-state index contributed by atoms with van der Waals surface area (Å²) in [4.78, 5) is 4.32. The first-order chi connectivity index (χ1) is 9.06. The van der Waals surface area contributed by atoms with Crippen LogP contribution in [0.5, 0.6) is 5.75 Å². The lowest BCUT2D eigenvalue weighted by Crippen LogP contribution is -2.38. The van der Waals surface area contributed by atoms with Crippen LogP contribution < -0.4 is 15.8 Å². The lowest BCUT2D eigenvalue weighted by Gasteiger charge is -2.12. The Morgan fingerprint density at radius 2 is 2.15 bits per heavy atom. The van der Waals surface area contributed by atoms with Gasteiger partial charge in [0, 0.05) is 16.6 Å². The lowest BCUT2D eigenvalue weighted by molar-refractivity contribution is 0.336. The van der Waals surface area contributed by atoms with Gasteiger partial charge in [-0.15, -0.1) is 24.0 Å². The van der Waals surface area contributed by atoms with E-state index in [-0.39, 0.29) is 24.0 Å². The minimum atomic E-state index is 0. The van der Waals surface area contributed by atoms with Gasteiger partial charge >= 0.3 is 0 Å². The van der Waals surface area contributed by atoms with Crippen LogP contribution in [0.15, 0.2) is 23.2 Å². The van der Waals surface area contributed by atoms with E-state index in [0.717, 1.165) is 17.7 Å². The monoisotopic (exact) mass is 411 g/mol. The third-order valence-corrected chi connectivity index (χ3v) is 2.99. The van der Waals surface area contributed by atoms with E-state index in [1.807, 2.05) is 19.1 Å². The number of hydrogen-bond acceptors (Lipinski definition) is 2. The van der Waals surface area contributed by atoms with Crippen LogP contribution in [0, 0.1) is 0 Å². The molecule has 1 aromatic carbocycles. The molecule has 3 N–H and O–H groups in total. The van der Waals surface area contributed by atoms with E-state index in [2.05, 4.69) is 24.2 Å². The van der Waals surface area contributed by atoms with Crippen LogP contribution in [0.1, 0.15) is 32.8 Å². The molecule has 0 saturated heterocycles. The Kier molecular flexibility index (Phi) is 9.75. The van der Waals surface area contributed by atoms with Crippen molar-refractivity contribution < 1.29 is 4.74 Å². The maximum atomic E-state index is 5.95. The highest BCUT2D eigenvalue weighted by Crippen LogP contribution is 2.24. The van der Waals surface area contributed by atoms with Crippen molar-refractivity contribution in [1.82, 2.24) is 5.32 Å². The van der Waals surface area contributed by atoms with Crippen molar-refractivity contribution in [3.05, 3.63) is 28.8 Å². The van der Waals surface area contributed by atoms with Gasteiger partial charge in [-0.2, -0.15) is 0 Å². The van der Waals surface area contributed by atoms with Gasteiger partial charge in [0.15, 0.2) is 5.96 Å². The molecule has 0 spiro atoms. The topological polar surface area (TPSA) is 59.6 Å². The number of rotatable bonds is 6. The molecular weight excluding hydrogens is 389 g/mol. The fraction of sp³-hybridized carbons (Fsp3) is 0.500. The van der Waals surface area contributed by atoms with E-state index in [1.54, 1.807) is 6.07 Å². The summed E-state index contributed by atoms with van der Waals surface area (Å²) in [5.74, 6) is 1.21. The molecule has 0 saturated carbocycles. The van der Waals surface area contributed by atoms with Gasteiger partial charge in [0.1, 0.15) is 5.75 Å². The first-order valence-corrected chi connectivity index (χ1v) is 6.92. The number of nitrogens with one attached hydrogen (secondary N) is 1. The fourth-order valence-corrected chi connectivity index (χ4v) is 1.68. The summed E-state index contributed by atoms with van der Waals surface area (Å²) in [6.07, 6.45) is 1.00. The van der Waals surface area contributed by atoms with Crippen LogP contribution in [0.25, 0.3) is 0 Å². The number of benzene rings is 1. The standard InChI is InChI=1S/C14H22ClN3O.HI/c1-4-10(3)18-14(16)17-9-11-6-7-12(15)8-13(11)19-5-2;/h6-8,10H,4-5,9H2,1-3H3,(H3,16,17,18);1H. The molecule has 0 aliphatic heterocycles. The second-order valence-electron chi connectivity index (χ2n) is 4.34. The van der Waals surface area contributed by atoms with E-state index in [9.17, 15) is 0 Å². The molecule has 20 heavy (non-hydrogen) atoms. The van der Waals surface area contributed by atoms with Crippen molar-refractivity contribution in [1.29, 1.82) is 0 Å². The van der Waals surface area contributed by atoms with E-state index < -0.39 is 0 Å². The van der Waals surface area contributed by atoms with E-state index in [0.29, 0.717) is 30.2 Å². The molecular formula is C14H23ClIN3O. The van der Waals surface area contributed by atoms with Gasteiger partial charge in [0.05, 0.1) is 13.2 Å². The summed E-state index contributed by atoms with van der Waals surface area (Å²) in [6.45, 7) is 7.17. The van der Waals surface area contributed by atoms with Crippen LogP contribution in [-0.2, 0) is 6.54 Å². The van der Waals surface area contributed by atoms with E-state index in [4.69, 9.17) is 22.1 Å². The summed E-state index contributed by atoms with van der Waals surface area (Å²) in [6, 6.07) is 5.86. The molecule has 0 amide bonds. The Hall–Kier alpha value is -0.690. The summed E-state index contributed by atoms with van der Waals surface area (Å²) in [5.41, 5.74) is 6.80. The highest BCUT2D eigenvalue weighted by molar-refractivity contribution is 14.0. The van der Waals surface area contributed by atoms with Crippen LogP contribution in [0.3, 0.4) is 0 Å². The Bertz CT molecular complexity index is 440. The van der Waals surface area contributed by atoms with Crippen molar-refractivity contribution in [2.45, 2.75) is 39.8 Å². The predicted octanol–water partition coefficient (Wildman–Crippen LogP) is 3.56. The molecule has 0 heterocycles. The molecule has 0 aromatic heterocycles. The van der Waals surface area contributed by atoms with E-state index in [1.165, 1.54) is 0 Å². The fourth-order valence-electron chi connectivity index (χ4n) is 1.52. The van der Waals surface area contributed by atoms with Gasteiger partial charge in [-0.3, -0.25) is 0 Å². The third kappa shape index (κ3) is 6.65. The molecule has 1 atom stereocenters. The van der Waals surface area contributed by atoms with Crippen LogP contribution in [-0.4, -0.2) is 18.6 Å². The smallest absolute Gasteiger partial charge is 0.189 e. The predicted molar refractivity (Wildman–Crippen MR) is 96.3 cm³/mol. The van der Waals surface area contributed by atoms with Gasteiger partial charge in [-0.25, -0.2) is 4.99 Å². The normalized spacial score (nSPS) is 12.5. The lowest BCUT2D eigenvalue weighted by atomic mass is 10.2. The number of nitrogens with zero attached hydrogens (tertiary/aromatic N) is 1. The van der Waals surface area contributed by atoms with Crippen molar-refractivity contribution in [2.75, 3.05) is 6.61 Å². The molecule has 1 unspecified atom stereocenters. The number of halogens is 2. The summed E-state index contributed by atoms with van der Waals surface area (Å²) < 4.78 is 5.54. The van der Waals surface area contributed by atoms with E-state index >= 15 is 0 Å². The van der Waals surface area contributed by atoms with Crippen molar-refractivity contribution >= 4 is 41.5 Å². The average Bonchev–Trinajstić information content (AvgIpc) is 2.38. The number of ether oxygens (including phenoxy) is 1. The third-order valence-electron chi connectivity index (χ3n) is 2.76. The molecule has 1 aromatic rings. The zero-order chi connectivity index (χ0) is 14.3. The van der Waals surface area contributed by atoms with Gasteiger partial charge in [-0.05, 0) is 32.4 Å². The molecule has 0 aliphatic rings. The number of guanidine groups is 1. The van der Waals surface area contributed by atoms with Crippen molar-refractivity contribution in [3.8, 4) is 5.75 Å². The Balaban J connectivity index is 0.00000361. The molecule has 0 radical (unpaired) electrons. The minimum absolute atomic E-state index is 0. The molecule has 6 heteroatoms. The number of nitrogens with two attached hydrogens (primary N) is 1. The van der Waals surface area contributed by atoms with Gasteiger partial charge in [-0.1, -0.05) is 24.6 Å². The molecule has 114 valence electrons. The molecule has 0 fully saturated rings. The van der Waals surface area contributed by atoms with Gasteiger partial charge in [0.2, 0.25) is 0 Å². The van der Waals surface area contributed by atoms with Crippen molar-refractivity contribution in [2.24, 2.45) is 10.7 Å². The van der Waals surface area contributed by atoms with Crippen LogP contribution in [0.2, 0.25) is 5.02 Å². The van der Waals surface area contributed by atoms with Crippen LogP contribution >= 0.6 is 35.6 Å². The maximum Gasteiger partial charge on any atom is 0.189 e. The Morgan fingerprint density at radius 1 is 1.45 bits per heavy atom. The average molecular weight is 412 g/mol. The molecule has 0 bridgehead atoms. The van der Waals surface area contributed by atoms with Gasteiger partial charge in [0.25, 0.3) is 0 Å². The summed E-state index contributed by atoms with van der Waals surface area (Å²) in [7, 11) is 0. The first kappa shape index (κ1) is 19.3. The molecule has 1 rings (SSSR count). The summed E-state index contributed by atoms with van der Waals surface area (Å²) >= 11 is 5.95. The molecule has 0 aliphatic carbocycles. The highest BCUT2D eigenvalue weighted by Gasteiger charge is 2.05. The second-order valence-corrected chi connectivity index (χ2v) is 4.78. The second kappa shape index (κ2) is 10.1. The highest BCUT2D eigenvalue weighted by atomic mass is 127. The number of hydrogen-bond donors (Lipinski definition) is 2. The maximum absolute atomic E-state index is 5.95. The van der Waals surface area contributed by atoms with Crippen LogP contribution in [0.4, 0.5) is 0 Å². The zero-order valence-electron chi connectivity index (χ0n) is 12.1.